The number of unbranched alkanes of at least 4 members (excludes halogenated alkanes) is 2. The maximum atomic E-state index is 16.0. The van der Waals surface area contributed by atoms with Gasteiger partial charge in [0.05, 0.1) is 17.1 Å². The highest BCUT2D eigenvalue weighted by atomic mass is 32.1. The predicted molar refractivity (Wildman–Crippen MR) is 183 cm³/mol. The molecular formula is C37H33BF2N4O2S. The Morgan fingerprint density at radius 3 is 2.55 bits per heavy atom. The van der Waals surface area contributed by atoms with Crippen LogP contribution in [0.25, 0.3) is 6.08 Å². The maximum absolute atomic E-state index is 16.0. The second-order valence-electron chi connectivity index (χ2n) is 11.9. The predicted octanol–water partition coefficient (Wildman–Crippen LogP) is 6.75. The van der Waals surface area contributed by atoms with Crippen LogP contribution in [-0.4, -0.2) is 40.0 Å². The fraction of sp³-hybridized carbons (Fsp3) is 0.216. The van der Waals surface area contributed by atoms with Gasteiger partial charge in [-0.15, -0.1) is 11.3 Å². The Balaban J connectivity index is 0.897. The van der Waals surface area contributed by atoms with Gasteiger partial charge < -0.3 is 27.8 Å². The van der Waals surface area contributed by atoms with E-state index in [9.17, 15) is 9.59 Å². The molecule has 3 aliphatic rings. The molecule has 0 radical (unpaired) electrons. The lowest BCUT2D eigenvalue weighted by Crippen LogP contribution is -2.50. The summed E-state index contributed by atoms with van der Waals surface area (Å²) >= 11 is 1.43. The van der Waals surface area contributed by atoms with Crippen LogP contribution in [0.2, 0.25) is 0 Å². The Kier molecular flexibility index (Phi) is 8.48. The minimum absolute atomic E-state index is 0.0423. The van der Waals surface area contributed by atoms with Crippen molar-refractivity contribution in [1.29, 1.82) is 0 Å². The van der Waals surface area contributed by atoms with Gasteiger partial charge >= 0.3 is 6.97 Å². The van der Waals surface area contributed by atoms with Gasteiger partial charge in [0.1, 0.15) is 0 Å². The topological polar surface area (TPSA) is 57.4 Å². The molecule has 2 aromatic carbocycles. The number of aromatic nitrogens is 1. The van der Waals surface area contributed by atoms with Crippen molar-refractivity contribution < 1.29 is 22.7 Å². The molecule has 0 unspecified atom stereocenters. The van der Waals surface area contributed by atoms with Crippen molar-refractivity contribution in [2.45, 2.75) is 45.1 Å². The number of fused-ring (bicyclic) bond motifs is 4. The number of benzene rings is 2. The number of allylic oxidation sites excluding steroid dienone is 2. The molecule has 2 amide bonds. The van der Waals surface area contributed by atoms with Crippen LogP contribution < -0.4 is 10.2 Å². The summed E-state index contributed by atoms with van der Waals surface area (Å²) in [5, 5.41) is 4.80. The summed E-state index contributed by atoms with van der Waals surface area (Å²) in [6.07, 6.45) is 8.15. The molecule has 10 heteroatoms. The van der Waals surface area contributed by atoms with Gasteiger partial charge in [0.15, 0.2) is 11.4 Å². The van der Waals surface area contributed by atoms with Crippen molar-refractivity contribution in [3.63, 3.8) is 0 Å². The molecule has 0 spiro atoms. The van der Waals surface area contributed by atoms with Crippen LogP contribution in [0.3, 0.4) is 0 Å². The highest BCUT2D eigenvalue weighted by Crippen LogP contribution is 2.34. The molecule has 1 N–H and O–H groups in total. The standard InChI is InChI=1S/C37H33BF2N4O2S/c39-38(40)43-30(17-18-31(43)25-32-19-21-34(44(32)38)35-13-8-24-47-35)20-22-36(45)41-23-7-1-2-14-37(46)42-26-29-11-4-3-9-27(29)15-16-28-10-5-6-12-33(28)42/h3-6,8-13,17-19,21,24-25H,1-2,7,14,20,22-23,26H2,(H,41,45). The van der Waals surface area contributed by atoms with E-state index in [1.165, 1.54) is 11.3 Å². The Morgan fingerprint density at radius 1 is 0.894 bits per heavy atom. The van der Waals surface area contributed by atoms with E-state index < -0.39 is 6.97 Å². The first kappa shape index (κ1) is 30.6. The molecule has 6 nitrogen and oxygen atoms in total. The third-order valence-corrected chi connectivity index (χ3v) is 9.74. The summed E-state index contributed by atoms with van der Waals surface area (Å²) < 4.78 is 34.2. The second kappa shape index (κ2) is 13.0. The molecule has 0 atom stereocenters. The summed E-state index contributed by atoms with van der Waals surface area (Å²) in [6.45, 7) is -3.18. The second-order valence-corrected chi connectivity index (χ2v) is 12.9. The fourth-order valence-corrected chi connectivity index (χ4v) is 7.26. The van der Waals surface area contributed by atoms with Crippen LogP contribution in [0.5, 0.6) is 0 Å². The number of carbonyl (C=O) groups is 2. The number of nitrogens with zero attached hydrogens (tertiary/aromatic N) is 3. The van der Waals surface area contributed by atoms with Crippen molar-refractivity contribution in [3.05, 3.63) is 129 Å². The minimum atomic E-state index is -4.12. The van der Waals surface area contributed by atoms with Crippen LogP contribution in [-0.2, 0) is 22.6 Å². The minimum Gasteiger partial charge on any atom is -0.394 e. The van der Waals surface area contributed by atoms with E-state index >= 15 is 8.63 Å². The van der Waals surface area contributed by atoms with Gasteiger partial charge in [-0.2, -0.15) is 0 Å². The van der Waals surface area contributed by atoms with Crippen LogP contribution >= 0.6 is 11.3 Å². The Morgan fingerprint density at radius 2 is 1.70 bits per heavy atom. The van der Waals surface area contributed by atoms with E-state index in [1.807, 2.05) is 70.9 Å². The van der Waals surface area contributed by atoms with Crippen molar-refractivity contribution in [2.24, 2.45) is 0 Å². The molecule has 0 aliphatic carbocycles. The van der Waals surface area contributed by atoms with E-state index in [1.54, 1.807) is 30.4 Å². The number of amides is 2. The lowest BCUT2D eigenvalue weighted by Gasteiger charge is -2.30. The summed E-state index contributed by atoms with van der Waals surface area (Å²) in [7, 11) is 0. The molecular weight excluding hydrogens is 613 g/mol. The monoisotopic (exact) mass is 646 g/mol. The van der Waals surface area contributed by atoms with Crippen LogP contribution in [0.4, 0.5) is 14.3 Å². The average molecular weight is 647 g/mol. The Hall–Kier alpha value is -5.01. The molecule has 0 saturated carbocycles. The zero-order valence-electron chi connectivity index (χ0n) is 25.8. The highest BCUT2D eigenvalue weighted by Gasteiger charge is 2.52. The van der Waals surface area contributed by atoms with E-state index in [2.05, 4.69) is 17.2 Å². The summed E-state index contributed by atoms with van der Waals surface area (Å²) in [4.78, 5) is 28.7. The smallest absolute Gasteiger partial charge is 0.394 e. The first-order chi connectivity index (χ1) is 22.9. The number of carbonyl (C=O) groups excluding carboxylic acids is 2. The largest absolute Gasteiger partial charge is 0.737 e. The molecule has 5 heterocycles. The van der Waals surface area contributed by atoms with E-state index in [4.69, 9.17) is 0 Å². The highest BCUT2D eigenvalue weighted by molar-refractivity contribution is 7.12. The molecule has 4 aromatic rings. The molecule has 47 heavy (non-hydrogen) atoms. The number of thiophene rings is 1. The molecule has 7 rings (SSSR count). The van der Waals surface area contributed by atoms with Crippen LogP contribution in [0, 0.1) is 11.8 Å². The zero-order valence-corrected chi connectivity index (χ0v) is 26.6. The average Bonchev–Trinajstić information content (AvgIpc) is 3.84. The van der Waals surface area contributed by atoms with Gasteiger partial charge in [-0.25, -0.2) is 0 Å². The summed E-state index contributed by atoms with van der Waals surface area (Å²) in [5.74, 6) is 6.33. The summed E-state index contributed by atoms with van der Waals surface area (Å²) in [6, 6.07) is 22.7. The van der Waals surface area contributed by atoms with Crippen molar-refractivity contribution >= 4 is 47.6 Å². The normalized spacial score (nSPS) is 15.4. The maximum Gasteiger partial charge on any atom is 0.737 e. The van der Waals surface area contributed by atoms with Gasteiger partial charge in [-0.1, -0.05) is 54.7 Å². The molecule has 0 fully saturated rings. The summed E-state index contributed by atoms with van der Waals surface area (Å²) in [5.41, 5.74) is 5.45. The number of anilines is 1. The fourth-order valence-electron chi connectivity index (χ4n) is 6.51. The lowest BCUT2D eigenvalue weighted by atomic mass is 9.90. The van der Waals surface area contributed by atoms with E-state index in [-0.39, 0.29) is 24.7 Å². The molecule has 0 bridgehead atoms. The van der Waals surface area contributed by atoms with Crippen molar-refractivity contribution in [1.82, 2.24) is 9.79 Å². The number of para-hydroxylation sites is 1. The molecule has 0 saturated heterocycles. The van der Waals surface area contributed by atoms with E-state index in [0.717, 1.165) is 49.1 Å². The molecule has 236 valence electrons. The Labute approximate surface area is 276 Å². The van der Waals surface area contributed by atoms with Crippen LogP contribution in [0.15, 0.2) is 96.0 Å². The van der Waals surface area contributed by atoms with Gasteiger partial charge in [-0.3, -0.25) is 9.59 Å². The first-order valence-electron chi connectivity index (χ1n) is 16.0. The molecule has 2 aromatic heterocycles. The van der Waals surface area contributed by atoms with Gasteiger partial charge in [0.2, 0.25) is 11.8 Å². The molecule has 3 aliphatic heterocycles. The number of nitrogens with one attached hydrogen (secondary N) is 1. The van der Waals surface area contributed by atoms with Gasteiger partial charge in [-0.05, 0) is 72.3 Å². The van der Waals surface area contributed by atoms with Gasteiger partial charge in [0.25, 0.3) is 0 Å². The van der Waals surface area contributed by atoms with Crippen LogP contribution in [0.1, 0.15) is 65.1 Å². The lowest BCUT2D eigenvalue weighted by molar-refractivity contribution is -0.360. The van der Waals surface area contributed by atoms with Gasteiger partial charge in [0, 0.05) is 54.4 Å². The third kappa shape index (κ3) is 6.11. The first-order valence-corrected chi connectivity index (χ1v) is 16.9. The van der Waals surface area contributed by atoms with Crippen molar-refractivity contribution in [3.8, 4) is 11.8 Å². The number of hydrogen-bond donors (Lipinski definition) is 1. The Bertz CT molecular complexity index is 2020. The van der Waals surface area contributed by atoms with Crippen molar-refractivity contribution in [2.75, 3.05) is 11.4 Å². The van der Waals surface area contributed by atoms with E-state index in [0.29, 0.717) is 48.7 Å². The number of halogens is 2. The quantitative estimate of drug-likeness (QED) is 0.118. The zero-order chi connectivity index (χ0) is 32.4. The third-order valence-electron chi connectivity index (χ3n) is 8.85. The number of hydrogen-bond acceptors (Lipinski definition) is 3. The number of aryl methyl sites for hydroxylation is 1. The SMILES string of the molecule is O=C(CCc1ccc2n1[B-](F)(F)[N+]1=C(c3cccs3)C=CC1=C2)NCCCCCC(=O)N1Cc2ccccc2C#Cc2ccccc21. The number of rotatable bonds is 10.